The molecular formula is C20H20N4O. The topological polar surface area (TPSA) is 55.4 Å². The summed E-state index contributed by atoms with van der Waals surface area (Å²) in [6, 6.07) is 12.1. The van der Waals surface area contributed by atoms with Crippen molar-refractivity contribution in [1.29, 1.82) is 0 Å². The smallest absolute Gasteiger partial charge is 0.236 e. The number of nitrogens with zero attached hydrogens (tertiary/aromatic N) is 3. The van der Waals surface area contributed by atoms with Crippen LogP contribution in [0.2, 0.25) is 0 Å². The SMILES string of the molecule is CCc1cccc(C)c1Nc1c(-c2ccc(C)o2)nc2ncccn12. The van der Waals surface area contributed by atoms with Crippen molar-refractivity contribution in [2.75, 3.05) is 5.32 Å². The minimum Gasteiger partial charge on any atom is -0.460 e. The Morgan fingerprint density at radius 3 is 2.76 bits per heavy atom. The molecule has 0 saturated heterocycles. The molecule has 0 saturated carbocycles. The molecule has 0 bridgehead atoms. The molecule has 4 aromatic rings. The van der Waals surface area contributed by atoms with Crippen LogP contribution in [0.1, 0.15) is 23.8 Å². The average Bonchev–Trinajstić information content (AvgIpc) is 3.20. The van der Waals surface area contributed by atoms with Crippen LogP contribution < -0.4 is 5.32 Å². The number of hydrogen-bond acceptors (Lipinski definition) is 4. The summed E-state index contributed by atoms with van der Waals surface area (Å²) in [4.78, 5) is 9.04. The normalized spacial score (nSPS) is 11.2. The van der Waals surface area contributed by atoms with Gasteiger partial charge in [-0.25, -0.2) is 9.97 Å². The van der Waals surface area contributed by atoms with Crippen molar-refractivity contribution in [1.82, 2.24) is 14.4 Å². The van der Waals surface area contributed by atoms with Crippen LogP contribution in [0.5, 0.6) is 0 Å². The Kier molecular flexibility index (Phi) is 3.76. The van der Waals surface area contributed by atoms with Gasteiger partial charge in [-0.15, -0.1) is 0 Å². The minimum atomic E-state index is 0.640. The summed E-state index contributed by atoms with van der Waals surface area (Å²) in [6.45, 7) is 6.20. The molecule has 1 aromatic carbocycles. The number of hydrogen-bond donors (Lipinski definition) is 1. The maximum Gasteiger partial charge on any atom is 0.236 e. The molecule has 0 radical (unpaired) electrons. The first kappa shape index (κ1) is 15.4. The number of fused-ring (bicyclic) bond motifs is 1. The summed E-state index contributed by atoms with van der Waals surface area (Å²) < 4.78 is 7.78. The molecule has 1 N–H and O–H groups in total. The summed E-state index contributed by atoms with van der Waals surface area (Å²) in [5, 5.41) is 3.59. The van der Waals surface area contributed by atoms with Gasteiger partial charge in [0.05, 0.1) is 0 Å². The standard InChI is InChI=1S/C20H20N4O/c1-4-15-8-5-7-13(2)17(15)22-19-18(16-10-9-14(3)25-16)23-20-21-11-6-12-24(19)20/h5-12,22H,4H2,1-3H3. The third-order valence-corrected chi connectivity index (χ3v) is 4.36. The molecule has 0 atom stereocenters. The van der Waals surface area contributed by atoms with E-state index in [0.717, 1.165) is 35.1 Å². The number of nitrogens with one attached hydrogen (secondary N) is 1. The summed E-state index contributed by atoms with van der Waals surface area (Å²) in [5.41, 5.74) is 4.33. The quantitative estimate of drug-likeness (QED) is 0.577. The van der Waals surface area contributed by atoms with Crippen LogP contribution in [0.4, 0.5) is 11.5 Å². The molecule has 5 heteroatoms. The molecule has 25 heavy (non-hydrogen) atoms. The van der Waals surface area contributed by atoms with Gasteiger partial charge in [-0.1, -0.05) is 25.1 Å². The Bertz CT molecular complexity index is 1040. The molecule has 126 valence electrons. The second-order valence-corrected chi connectivity index (χ2v) is 6.10. The first-order valence-corrected chi connectivity index (χ1v) is 8.42. The average molecular weight is 332 g/mol. The number of aromatic nitrogens is 3. The molecule has 0 amide bonds. The number of rotatable bonds is 4. The lowest BCUT2D eigenvalue weighted by molar-refractivity contribution is 0.547. The fourth-order valence-electron chi connectivity index (χ4n) is 3.06. The molecular weight excluding hydrogens is 312 g/mol. The maximum absolute atomic E-state index is 5.82. The maximum atomic E-state index is 5.82. The van der Waals surface area contributed by atoms with E-state index >= 15 is 0 Å². The summed E-state index contributed by atoms with van der Waals surface area (Å²) in [5.74, 6) is 3.09. The highest BCUT2D eigenvalue weighted by Crippen LogP contribution is 2.33. The van der Waals surface area contributed by atoms with E-state index in [0.29, 0.717) is 5.78 Å². The van der Waals surface area contributed by atoms with Crippen molar-refractivity contribution in [2.24, 2.45) is 0 Å². The van der Waals surface area contributed by atoms with Crippen molar-refractivity contribution in [3.05, 3.63) is 65.7 Å². The van der Waals surface area contributed by atoms with Crippen molar-refractivity contribution >= 4 is 17.3 Å². The second kappa shape index (κ2) is 6.09. The summed E-state index contributed by atoms with van der Waals surface area (Å²) >= 11 is 0. The van der Waals surface area contributed by atoms with Crippen molar-refractivity contribution in [2.45, 2.75) is 27.2 Å². The molecule has 0 aliphatic rings. The molecule has 5 nitrogen and oxygen atoms in total. The lowest BCUT2D eigenvalue weighted by Crippen LogP contribution is -2.02. The van der Waals surface area contributed by atoms with E-state index in [1.165, 1.54) is 11.1 Å². The number of furan rings is 1. The van der Waals surface area contributed by atoms with Gasteiger partial charge < -0.3 is 9.73 Å². The number of anilines is 2. The molecule has 4 rings (SSSR count). The van der Waals surface area contributed by atoms with Crippen LogP contribution in [0.3, 0.4) is 0 Å². The van der Waals surface area contributed by atoms with Crippen molar-refractivity contribution < 1.29 is 4.42 Å². The van der Waals surface area contributed by atoms with Gasteiger partial charge in [0.1, 0.15) is 11.6 Å². The Morgan fingerprint density at radius 2 is 2.00 bits per heavy atom. The number of para-hydroxylation sites is 1. The van der Waals surface area contributed by atoms with E-state index in [9.17, 15) is 0 Å². The molecule has 0 fully saturated rings. The Labute approximate surface area is 146 Å². The van der Waals surface area contributed by atoms with Gasteiger partial charge in [-0.2, -0.15) is 0 Å². The van der Waals surface area contributed by atoms with E-state index < -0.39 is 0 Å². The van der Waals surface area contributed by atoms with Gasteiger partial charge in [0, 0.05) is 18.1 Å². The van der Waals surface area contributed by atoms with Crippen molar-refractivity contribution in [3.63, 3.8) is 0 Å². The molecule has 3 aromatic heterocycles. The second-order valence-electron chi connectivity index (χ2n) is 6.10. The van der Waals surface area contributed by atoms with Crippen LogP contribution in [0.15, 0.2) is 53.2 Å². The molecule has 0 spiro atoms. The fraction of sp³-hybridized carbons (Fsp3) is 0.200. The van der Waals surface area contributed by atoms with Crippen LogP contribution in [0, 0.1) is 13.8 Å². The largest absolute Gasteiger partial charge is 0.460 e. The minimum absolute atomic E-state index is 0.640. The number of aryl methyl sites for hydroxylation is 3. The lowest BCUT2D eigenvalue weighted by atomic mass is 10.1. The van der Waals surface area contributed by atoms with E-state index in [1.807, 2.05) is 35.7 Å². The zero-order valence-corrected chi connectivity index (χ0v) is 14.6. The van der Waals surface area contributed by atoms with Gasteiger partial charge >= 0.3 is 0 Å². The highest BCUT2D eigenvalue weighted by Gasteiger charge is 2.19. The van der Waals surface area contributed by atoms with Gasteiger partial charge in [0.25, 0.3) is 0 Å². The van der Waals surface area contributed by atoms with Crippen LogP contribution in [-0.2, 0) is 6.42 Å². The Hall–Kier alpha value is -3.08. The van der Waals surface area contributed by atoms with Crippen molar-refractivity contribution in [3.8, 4) is 11.5 Å². The third kappa shape index (κ3) is 2.67. The molecule has 0 unspecified atom stereocenters. The summed E-state index contributed by atoms with van der Waals surface area (Å²) in [6.07, 6.45) is 4.66. The van der Waals surface area contributed by atoms with E-state index in [4.69, 9.17) is 4.42 Å². The first-order valence-electron chi connectivity index (χ1n) is 8.42. The number of imidazole rings is 1. The monoisotopic (exact) mass is 332 g/mol. The predicted molar refractivity (Wildman–Crippen MR) is 99.3 cm³/mol. The zero-order chi connectivity index (χ0) is 17.4. The molecule has 0 aliphatic carbocycles. The predicted octanol–water partition coefficient (Wildman–Crippen LogP) is 4.91. The number of benzene rings is 1. The zero-order valence-electron chi connectivity index (χ0n) is 14.6. The Morgan fingerprint density at radius 1 is 1.12 bits per heavy atom. The fourth-order valence-corrected chi connectivity index (χ4v) is 3.06. The van der Waals surface area contributed by atoms with Crippen LogP contribution >= 0.6 is 0 Å². The van der Waals surface area contributed by atoms with E-state index in [-0.39, 0.29) is 0 Å². The van der Waals surface area contributed by atoms with E-state index in [1.54, 1.807) is 6.20 Å². The molecule has 3 heterocycles. The molecule has 0 aliphatic heterocycles. The highest BCUT2D eigenvalue weighted by molar-refractivity contribution is 5.78. The first-order chi connectivity index (χ1) is 12.2. The highest BCUT2D eigenvalue weighted by atomic mass is 16.3. The van der Waals surface area contributed by atoms with Crippen LogP contribution in [0.25, 0.3) is 17.2 Å². The Balaban J connectivity index is 1.92. The van der Waals surface area contributed by atoms with Gasteiger partial charge in [-0.05, 0) is 49.6 Å². The van der Waals surface area contributed by atoms with E-state index in [2.05, 4.69) is 47.3 Å². The van der Waals surface area contributed by atoms with Gasteiger partial charge in [-0.3, -0.25) is 4.40 Å². The summed E-state index contributed by atoms with van der Waals surface area (Å²) in [7, 11) is 0. The lowest BCUT2D eigenvalue weighted by Gasteiger charge is -2.14. The van der Waals surface area contributed by atoms with Gasteiger partial charge in [0.2, 0.25) is 5.78 Å². The third-order valence-electron chi connectivity index (χ3n) is 4.36. The van der Waals surface area contributed by atoms with Gasteiger partial charge in [0.15, 0.2) is 11.5 Å². The van der Waals surface area contributed by atoms with Crippen LogP contribution in [-0.4, -0.2) is 14.4 Å².